The third kappa shape index (κ3) is 3.80. The predicted octanol–water partition coefficient (Wildman–Crippen LogP) is 2.94. The van der Waals surface area contributed by atoms with Gasteiger partial charge in [-0.3, -0.25) is 4.79 Å². The second-order valence-corrected chi connectivity index (χ2v) is 4.67. The first-order chi connectivity index (χ1) is 10.6. The second kappa shape index (κ2) is 7.19. The largest absolute Gasteiger partial charge is 0.493 e. The van der Waals surface area contributed by atoms with Crippen molar-refractivity contribution >= 4 is 11.9 Å². The minimum absolute atomic E-state index is 0.0489. The highest BCUT2D eigenvalue weighted by molar-refractivity contribution is 6.06. The van der Waals surface area contributed by atoms with E-state index in [0.717, 1.165) is 5.56 Å². The molecule has 0 saturated carbocycles. The SMILES string of the molecule is C#CCOc1ccc(/C=C/C(=O)c2ccn(C)c2)cc1OC. The molecule has 4 nitrogen and oxygen atoms in total. The first kappa shape index (κ1) is 15.5. The van der Waals surface area contributed by atoms with Gasteiger partial charge < -0.3 is 14.0 Å². The van der Waals surface area contributed by atoms with Gasteiger partial charge >= 0.3 is 0 Å². The van der Waals surface area contributed by atoms with Crippen molar-refractivity contribution in [3.8, 4) is 23.8 Å². The van der Waals surface area contributed by atoms with Crippen LogP contribution in [0.5, 0.6) is 11.5 Å². The molecule has 4 heteroatoms. The van der Waals surface area contributed by atoms with E-state index in [-0.39, 0.29) is 12.4 Å². The monoisotopic (exact) mass is 295 g/mol. The van der Waals surface area contributed by atoms with Crippen molar-refractivity contribution in [1.82, 2.24) is 4.57 Å². The summed E-state index contributed by atoms with van der Waals surface area (Å²) >= 11 is 0. The molecule has 0 N–H and O–H groups in total. The van der Waals surface area contributed by atoms with Crippen LogP contribution in [0.4, 0.5) is 0 Å². The normalized spacial score (nSPS) is 10.4. The second-order valence-electron chi connectivity index (χ2n) is 4.67. The molecule has 0 fully saturated rings. The van der Waals surface area contributed by atoms with Crippen LogP contribution in [0.1, 0.15) is 15.9 Å². The molecule has 0 radical (unpaired) electrons. The summed E-state index contributed by atoms with van der Waals surface area (Å²) in [6, 6.07) is 7.18. The molecule has 0 aliphatic carbocycles. The summed E-state index contributed by atoms with van der Waals surface area (Å²) in [4.78, 5) is 12.0. The number of methoxy groups -OCH3 is 1. The minimum Gasteiger partial charge on any atom is -0.493 e. The fourth-order valence-corrected chi connectivity index (χ4v) is 1.94. The van der Waals surface area contributed by atoms with Crippen LogP contribution in [-0.2, 0) is 7.05 Å². The van der Waals surface area contributed by atoms with E-state index < -0.39 is 0 Å². The van der Waals surface area contributed by atoms with Gasteiger partial charge in [0, 0.05) is 25.0 Å². The molecule has 0 saturated heterocycles. The topological polar surface area (TPSA) is 40.5 Å². The lowest BCUT2D eigenvalue weighted by molar-refractivity contribution is 0.104. The van der Waals surface area contributed by atoms with Crippen LogP contribution in [0.15, 0.2) is 42.7 Å². The van der Waals surface area contributed by atoms with Crippen LogP contribution in [-0.4, -0.2) is 24.1 Å². The highest BCUT2D eigenvalue weighted by Gasteiger charge is 2.05. The van der Waals surface area contributed by atoms with Crippen LogP contribution in [0, 0.1) is 12.3 Å². The van der Waals surface area contributed by atoms with Crippen molar-refractivity contribution in [3.63, 3.8) is 0 Å². The molecule has 1 aromatic carbocycles. The number of ketones is 1. The lowest BCUT2D eigenvalue weighted by atomic mass is 10.1. The number of benzene rings is 1. The van der Waals surface area contributed by atoms with Gasteiger partial charge in [-0.1, -0.05) is 18.1 Å². The molecular formula is C18H17NO3. The molecule has 2 rings (SSSR count). The average molecular weight is 295 g/mol. The van der Waals surface area contributed by atoms with Crippen molar-refractivity contribution in [3.05, 3.63) is 53.9 Å². The van der Waals surface area contributed by atoms with Gasteiger partial charge in [-0.25, -0.2) is 0 Å². The lowest BCUT2D eigenvalue weighted by Crippen LogP contribution is -1.97. The number of carbonyl (C=O) groups excluding carboxylic acids is 1. The number of carbonyl (C=O) groups is 1. The van der Waals surface area contributed by atoms with Crippen LogP contribution in [0.2, 0.25) is 0 Å². The maximum atomic E-state index is 12.0. The number of hydrogen-bond acceptors (Lipinski definition) is 3. The Balaban J connectivity index is 2.14. The maximum absolute atomic E-state index is 12.0. The molecule has 0 amide bonds. The fraction of sp³-hybridized carbons (Fsp3) is 0.167. The number of aromatic nitrogens is 1. The van der Waals surface area contributed by atoms with Gasteiger partial charge in [-0.15, -0.1) is 6.42 Å². The van der Waals surface area contributed by atoms with E-state index in [9.17, 15) is 4.79 Å². The summed E-state index contributed by atoms with van der Waals surface area (Å²) in [5, 5.41) is 0. The van der Waals surface area contributed by atoms with E-state index in [4.69, 9.17) is 15.9 Å². The van der Waals surface area contributed by atoms with Crippen LogP contribution in [0.25, 0.3) is 6.08 Å². The number of terminal acetylenes is 1. The molecule has 22 heavy (non-hydrogen) atoms. The predicted molar refractivity (Wildman–Crippen MR) is 86.1 cm³/mol. The van der Waals surface area contributed by atoms with Gasteiger partial charge in [0.1, 0.15) is 6.61 Å². The Morgan fingerprint density at radius 1 is 1.36 bits per heavy atom. The smallest absolute Gasteiger partial charge is 0.187 e. The highest BCUT2D eigenvalue weighted by Crippen LogP contribution is 2.28. The summed E-state index contributed by atoms with van der Waals surface area (Å²) in [6.07, 6.45) is 12.1. The highest BCUT2D eigenvalue weighted by atomic mass is 16.5. The first-order valence-electron chi connectivity index (χ1n) is 6.72. The minimum atomic E-state index is -0.0489. The van der Waals surface area contributed by atoms with E-state index >= 15 is 0 Å². The zero-order valence-electron chi connectivity index (χ0n) is 12.6. The standard InChI is InChI=1S/C18H17NO3/c1-4-11-22-17-8-6-14(12-18(17)21-3)5-7-16(20)15-9-10-19(2)13-15/h1,5-10,12-13H,11H2,2-3H3/b7-5+. The summed E-state index contributed by atoms with van der Waals surface area (Å²) in [7, 11) is 3.43. The van der Waals surface area contributed by atoms with E-state index in [1.165, 1.54) is 6.08 Å². The van der Waals surface area contributed by atoms with E-state index in [0.29, 0.717) is 17.1 Å². The zero-order valence-corrected chi connectivity index (χ0v) is 12.6. The Morgan fingerprint density at radius 2 is 2.18 bits per heavy atom. The molecule has 1 aromatic heterocycles. The molecule has 112 valence electrons. The number of rotatable bonds is 6. The van der Waals surface area contributed by atoms with Crippen LogP contribution in [0.3, 0.4) is 0 Å². The zero-order chi connectivity index (χ0) is 15.9. The van der Waals surface area contributed by atoms with Crippen molar-refractivity contribution < 1.29 is 14.3 Å². The van der Waals surface area contributed by atoms with Crippen molar-refractivity contribution in [2.75, 3.05) is 13.7 Å². The fourth-order valence-electron chi connectivity index (χ4n) is 1.94. The third-order valence-electron chi connectivity index (χ3n) is 3.04. The summed E-state index contributed by atoms with van der Waals surface area (Å²) < 4.78 is 12.5. The third-order valence-corrected chi connectivity index (χ3v) is 3.04. The van der Waals surface area contributed by atoms with Gasteiger partial charge in [-0.2, -0.15) is 0 Å². The van der Waals surface area contributed by atoms with Gasteiger partial charge in [0.05, 0.1) is 7.11 Å². The van der Waals surface area contributed by atoms with Crippen LogP contribution < -0.4 is 9.47 Å². The number of hydrogen-bond donors (Lipinski definition) is 0. The van der Waals surface area contributed by atoms with Crippen LogP contribution >= 0.6 is 0 Å². The Labute approximate surface area is 130 Å². The Kier molecular flexibility index (Phi) is 5.05. The molecule has 0 unspecified atom stereocenters. The number of nitrogens with zero attached hydrogens (tertiary/aromatic N) is 1. The molecule has 0 spiro atoms. The molecule has 2 aromatic rings. The summed E-state index contributed by atoms with van der Waals surface area (Å²) in [6.45, 7) is 0.179. The Morgan fingerprint density at radius 3 is 2.82 bits per heavy atom. The summed E-state index contributed by atoms with van der Waals surface area (Å²) in [5.41, 5.74) is 1.49. The number of ether oxygens (including phenoxy) is 2. The van der Waals surface area contributed by atoms with Gasteiger partial charge in [0.2, 0.25) is 0 Å². The molecule has 0 aliphatic heterocycles. The quantitative estimate of drug-likeness (QED) is 0.467. The number of aryl methyl sites for hydroxylation is 1. The molecule has 0 bridgehead atoms. The summed E-state index contributed by atoms with van der Waals surface area (Å²) in [5.74, 6) is 3.50. The van der Waals surface area contributed by atoms with Gasteiger partial charge in [0.15, 0.2) is 17.3 Å². The molecule has 1 heterocycles. The molecular weight excluding hydrogens is 278 g/mol. The first-order valence-corrected chi connectivity index (χ1v) is 6.72. The van der Waals surface area contributed by atoms with Crippen molar-refractivity contribution in [1.29, 1.82) is 0 Å². The van der Waals surface area contributed by atoms with Gasteiger partial charge in [-0.05, 0) is 29.8 Å². The maximum Gasteiger partial charge on any atom is 0.187 e. The van der Waals surface area contributed by atoms with Crippen molar-refractivity contribution in [2.24, 2.45) is 7.05 Å². The lowest BCUT2D eigenvalue weighted by Gasteiger charge is -2.09. The van der Waals surface area contributed by atoms with E-state index in [1.54, 1.807) is 37.6 Å². The van der Waals surface area contributed by atoms with Crippen molar-refractivity contribution in [2.45, 2.75) is 0 Å². The average Bonchev–Trinajstić information content (AvgIpc) is 2.97. The van der Waals surface area contributed by atoms with E-state index in [1.807, 2.05) is 23.9 Å². The number of allylic oxidation sites excluding steroid dienone is 1. The Bertz CT molecular complexity index is 735. The molecule has 0 aliphatic rings. The van der Waals surface area contributed by atoms with E-state index in [2.05, 4.69) is 5.92 Å². The Hall–Kier alpha value is -2.93. The van der Waals surface area contributed by atoms with Gasteiger partial charge in [0.25, 0.3) is 0 Å². The molecule has 0 atom stereocenters.